The molecule has 7 nitrogen and oxygen atoms in total. The van der Waals surface area contributed by atoms with E-state index in [4.69, 9.17) is 19.3 Å². The van der Waals surface area contributed by atoms with E-state index in [9.17, 15) is 13.6 Å². The van der Waals surface area contributed by atoms with Crippen molar-refractivity contribution in [2.45, 2.75) is 57.5 Å². The van der Waals surface area contributed by atoms with Gasteiger partial charge in [-0.3, -0.25) is 4.90 Å². The van der Waals surface area contributed by atoms with Gasteiger partial charge in [0.2, 0.25) is 0 Å². The highest BCUT2D eigenvalue weighted by atomic mass is 19.3. The maximum absolute atomic E-state index is 15.6. The monoisotopic (exact) mass is 580 g/mol. The second kappa shape index (κ2) is 13.7. The van der Waals surface area contributed by atoms with Crippen molar-refractivity contribution < 1.29 is 41.7 Å². The van der Waals surface area contributed by atoms with E-state index in [2.05, 4.69) is 4.98 Å². The lowest BCUT2D eigenvalue weighted by atomic mass is 9.87. The first-order chi connectivity index (χ1) is 19.5. The highest BCUT2D eigenvalue weighted by Gasteiger charge is 2.42. The van der Waals surface area contributed by atoms with Gasteiger partial charge in [-0.25, -0.2) is 22.4 Å². The third kappa shape index (κ3) is 7.99. The number of H-pyrrole nitrogens is 1. The molecule has 2 heterocycles. The Morgan fingerprint density at radius 2 is 1.73 bits per heavy atom. The molecular weight excluding hydrogens is 544 g/mol. The van der Waals surface area contributed by atoms with Crippen LogP contribution in [0.5, 0.6) is 5.75 Å². The van der Waals surface area contributed by atoms with Crippen LogP contribution in [0.1, 0.15) is 56.0 Å². The summed E-state index contributed by atoms with van der Waals surface area (Å²) in [4.78, 5) is 15.1. The largest absolute Gasteiger partial charge is 0.493 e. The summed E-state index contributed by atoms with van der Waals surface area (Å²) in [5.41, 5.74) is 1.91. The molecule has 0 radical (unpaired) electrons. The number of fused-ring (bicyclic) bond motifs is 3. The zero-order valence-electron chi connectivity index (χ0n) is 23.2. The summed E-state index contributed by atoms with van der Waals surface area (Å²) in [6.07, 6.45) is 2.58. The molecular formula is C30H36F4N2O5. The summed E-state index contributed by atoms with van der Waals surface area (Å²) < 4.78 is 75.6. The number of aromatic amines is 1. The van der Waals surface area contributed by atoms with Crippen LogP contribution < -0.4 is 4.74 Å². The number of unbranched alkanes of at least 4 members (excludes halogenated alkanes) is 2. The SMILES string of the molecule is C[C@@H]1Cc2c([nH]c3ccccc23)[C@@H](c2c(F)cc(OCCCCCOCCOCC(=O)O)cc2F)N1CC(C)(F)F. The first-order valence-electron chi connectivity index (χ1n) is 13.8. The highest BCUT2D eigenvalue weighted by Crippen LogP contribution is 2.43. The van der Waals surface area contributed by atoms with Crippen molar-refractivity contribution in [3.63, 3.8) is 0 Å². The molecule has 0 saturated heterocycles. The van der Waals surface area contributed by atoms with Crippen molar-refractivity contribution in [3.8, 4) is 5.75 Å². The van der Waals surface area contributed by atoms with E-state index in [1.807, 2.05) is 24.3 Å². The molecule has 3 aromatic rings. The predicted molar refractivity (Wildman–Crippen MR) is 146 cm³/mol. The van der Waals surface area contributed by atoms with Gasteiger partial charge in [-0.15, -0.1) is 0 Å². The number of nitrogens with one attached hydrogen (secondary N) is 1. The number of aromatic nitrogens is 1. The van der Waals surface area contributed by atoms with E-state index in [1.54, 1.807) is 6.92 Å². The molecule has 0 fully saturated rings. The van der Waals surface area contributed by atoms with Crippen molar-refractivity contribution >= 4 is 16.9 Å². The number of carbonyl (C=O) groups is 1. The molecule has 0 saturated carbocycles. The molecule has 4 rings (SSSR count). The van der Waals surface area contributed by atoms with Crippen molar-refractivity contribution in [1.82, 2.24) is 9.88 Å². The zero-order chi connectivity index (χ0) is 29.6. The molecule has 1 aliphatic heterocycles. The van der Waals surface area contributed by atoms with Gasteiger partial charge in [0.1, 0.15) is 24.0 Å². The van der Waals surface area contributed by atoms with Crippen LogP contribution in [0.3, 0.4) is 0 Å². The number of carboxylic acid groups (broad SMARTS) is 1. The number of alkyl halides is 2. The summed E-state index contributed by atoms with van der Waals surface area (Å²) in [5.74, 6) is -5.78. The lowest BCUT2D eigenvalue weighted by Crippen LogP contribution is -2.47. The summed E-state index contributed by atoms with van der Waals surface area (Å²) >= 11 is 0. The fourth-order valence-corrected chi connectivity index (χ4v) is 5.34. The number of rotatable bonds is 15. The normalized spacial score (nSPS) is 17.6. The topological polar surface area (TPSA) is 84.0 Å². The average molecular weight is 581 g/mol. The van der Waals surface area contributed by atoms with Gasteiger partial charge in [-0.05, 0) is 44.2 Å². The van der Waals surface area contributed by atoms with Crippen LogP contribution in [0, 0.1) is 11.6 Å². The molecule has 0 amide bonds. The number of hydrogen-bond acceptors (Lipinski definition) is 5. The van der Waals surface area contributed by atoms with Crippen molar-refractivity contribution in [3.05, 3.63) is 64.9 Å². The van der Waals surface area contributed by atoms with E-state index >= 15 is 8.78 Å². The van der Waals surface area contributed by atoms with Gasteiger partial charge in [0.25, 0.3) is 5.92 Å². The average Bonchev–Trinajstić information content (AvgIpc) is 3.25. The lowest BCUT2D eigenvalue weighted by Gasteiger charge is -2.42. The summed E-state index contributed by atoms with van der Waals surface area (Å²) in [5, 5.41) is 9.41. The molecule has 41 heavy (non-hydrogen) atoms. The number of aliphatic carboxylic acids is 1. The number of ether oxygens (including phenoxy) is 3. The highest BCUT2D eigenvalue weighted by molar-refractivity contribution is 5.85. The Bertz CT molecular complexity index is 1300. The van der Waals surface area contributed by atoms with Gasteiger partial charge in [0, 0.05) is 53.9 Å². The Morgan fingerprint density at radius 3 is 2.44 bits per heavy atom. The molecule has 1 aromatic heterocycles. The fraction of sp³-hybridized carbons (Fsp3) is 0.500. The molecule has 2 aromatic carbocycles. The van der Waals surface area contributed by atoms with Crippen LogP contribution in [0.25, 0.3) is 10.9 Å². The van der Waals surface area contributed by atoms with Gasteiger partial charge in [0.05, 0.1) is 32.4 Å². The standard InChI is InChI=1S/C30H36F4N2O5/c1-19-14-22-21-8-4-5-9-25(21)35-28(22)29(36(19)18-30(2,33)34)27-23(31)15-20(16-24(27)32)41-11-7-3-6-10-39-12-13-40-17-26(37)38/h4-5,8-9,15-16,19,29,35H,3,6-7,10-14,17-18H2,1-2H3,(H,37,38)/t19-,29-/m1/s1. The van der Waals surface area contributed by atoms with Gasteiger partial charge in [-0.1, -0.05) is 18.2 Å². The Hall–Kier alpha value is -3.15. The van der Waals surface area contributed by atoms with E-state index in [0.717, 1.165) is 48.4 Å². The van der Waals surface area contributed by atoms with Gasteiger partial charge >= 0.3 is 5.97 Å². The number of hydrogen-bond donors (Lipinski definition) is 2. The van der Waals surface area contributed by atoms with E-state index in [-0.39, 0.29) is 37.2 Å². The quantitative estimate of drug-likeness (QED) is 0.167. The Labute approximate surface area is 236 Å². The number of benzene rings is 2. The number of carboxylic acids is 1. The van der Waals surface area contributed by atoms with Crippen molar-refractivity contribution in [2.24, 2.45) is 0 Å². The maximum atomic E-state index is 15.6. The van der Waals surface area contributed by atoms with Gasteiger partial charge in [0.15, 0.2) is 0 Å². The maximum Gasteiger partial charge on any atom is 0.329 e. The minimum atomic E-state index is -3.06. The number of para-hydroxylation sites is 1. The molecule has 224 valence electrons. The lowest BCUT2D eigenvalue weighted by molar-refractivity contribution is -0.142. The smallest absolute Gasteiger partial charge is 0.329 e. The molecule has 2 N–H and O–H groups in total. The van der Waals surface area contributed by atoms with Gasteiger partial charge < -0.3 is 24.3 Å². The third-order valence-corrected chi connectivity index (χ3v) is 7.10. The molecule has 2 atom stereocenters. The summed E-state index contributed by atoms with van der Waals surface area (Å²) in [6.45, 7) is 2.80. The molecule has 0 bridgehead atoms. The van der Waals surface area contributed by atoms with Crippen LogP contribution in [-0.2, 0) is 20.7 Å². The Morgan fingerprint density at radius 1 is 1.05 bits per heavy atom. The molecule has 11 heteroatoms. The van der Waals surface area contributed by atoms with Crippen LogP contribution in [0.4, 0.5) is 17.6 Å². The van der Waals surface area contributed by atoms with E-state index < -0.39 is 36.1 Å². The van der Waals surface area contributed by atoms with Gasteiger partial charge in [-0.2, -0.15) is 0 Å². The van der Waals surface area contributed by atoms with Crippen LogP contribution in [0.15, 0.2) is 36.4 Å². The minimum Gasteiger partial charge on any atom is -0.493 e. The molecule has 0 unspecified atom stereocenters. The predicted octanol–water partition coefficient (Wildman–Crippen LogP) is 6.10. The first-order valence-corrected chi connectivity index (χ1v) is 13.8. The van der Waals surface area contributed by atoms with E-state index in [0.29, 0.717) is 31.7 Å². The number of nitrogens with zero attached hydrogens (tertiary/aromatic N) is 1. The molecule has 1 aliphatic rings. The van der Waals surface area contributed by atoms with Crippen LogP contribution >= 0.6 is 0 Å². The number of halogens is 4. The Kier molecular flexibility index (Phi) is 10.3. The minimum absolute atomic E-state index is 0.0312. The molecule has 0 aliphatic carbocycles. The summed E-state index contributed by atoms with van der Waals surface area (Å²) in [6, 6.07) is 8.30. The second-order valence-corrected chi connectivity index (χ2v) is 10.5. The fourth-order valence-electron chi connectivity index (χ4n) is 5.34. The first kappa shape index (κ1) is 30.8. The van der Waals surface area contributed by atoms with Crippen molar-refractivity contribution in [2.75, 3.05) is 39.6 Å². The zero-order valence-corrected chi connectivity index (χ0v) is 23.2. The van der Waals surface area contributed by atoms with Crippen LogP contribution in [-0.4, -0.2) is 72.5 Å². The Balaban J connectivity index is 1.42. The van der Waals surface area contributed by atoms with E-state index in [1.165, 1.54) is 4.90 Å². The summed E-state index contributed by atoms with van der Waals surface area (Å²) in [7, 11) is 0. The third-order valence-electron chi connectivity index (χ3n) is 7.10. The van der Waals surface area contributed by atoms with Crippen molar-refractivity contribution in [1.29, 1.82) is 0 Å². The van der Waals surface area contributed by atoms with Crippen LogP contribution in [0.2, 0.25) is 0 Å². The molecule has 0 spiro atoms. The second-order valence-electron chi connectivity index (χ2n) is 10.5.